The molecule has 0 spiro atoms. The van der Waals surface area contributed by atoms with Gasteiger partial charge in [-0.2, -0.15) is 0 Å². The molecule has 0 radical (unpaired) electrons. The predicted octanol–water partition coefficient (Wildman–Crippen LogP) is 6.32. The van der Waals surface area contributed by atoms with Crippen LogP contribution >= 0.6 is 0 Å². The topological polar surface area (TPSA) is 35.3 Å². The van der Waals surface area contributed by atoms with Gasteiger partial charge in [0.25, 0.3) is 0 Å². The highest BCUT2D eigenvalue weighted by atomic mass is 16.5. The molecule has 5 rings (SSSR count). The summed E-state index contributed by atoms with van der Waals surface area (Å²) in [5, 5.41) is 1.02. The number of benzene rings is 3. The number of pyridine rings is 1. The first-order valence-electron chi connectivity index (χ1n) is 8.85. The molecule has 0 saturated heterocycles. The number of aromatic nitrogens is 1. The molecule has 0 N–H and O–H groups in total. The molecule has 0 bridgehead atoms. The lowest BCUT2D eigenvalue weighted by molar-refractivity contribution is 0.415. The molecular formula is C24H17NO2. The van der Waals surface area contributed by atoms with Gasteiger partial charge in [-0.1, -0.05) is 54.6 Å². The number of rotatable bonds is 3. The third-order valence-corrected chi connectivity index (χ3v) is 4.78. The first-order valence-corrected chi connectivity index (χ1v) is 8.85. The molecule has 3 heteroatoms. The summed E-state index contributed by atoms with van der Waals surface area (Å²) in [6.07, 6.45) is 0. The highest BCUT2D eigenvalue weighted by Gasteiger charge is 2.16. The molecule has 5 aromatic rings. The Hall–Kier alpha value is -3.59. The molecule has 0 saturated carbocycles. The van der Waals surface area contributed by atoms with Crippen molar-refractivity contribution in [3.05, 3.63) is 84.9 Å². The van der Waals surface area contributed by atoms with Gasteiger partial charge in [0.1, 0.15) is 16.8 Å². The first kappa shape index (κ1) is 15.6. The highest BCUT2D eigenvalue weighted by molar-refractivity contribution is 6.08. The highest BCUT2D eigenvalue weighted by Crippen LogP contribution is 2.37. The number of hydrogen-bond donors (Lipinski definition) is 0. The molecule has 3 aromatic carbocycles. The number of methoxy groups -OCH3 is 1. The van der Waals surface area contributed by atoms with E-state index in [1.807, 2.05) is 60.7 Å². The van der Waals surface area contributed by atoms with Gasteiger partial charge in [0.05, 0.1) is 12.8 Å². The van der Waals surface area contributed by atoms with E-state index >= 15 is 0 Å². The maximum atomic E-state index is 6.19. The van der Waals surface area contributed by atoms with Crippen LogP contribution in [0.4, 0.5) is 0 Å². The Balaban J connectivity index is 1.86. The molecule has 3 nitrogen and oxygen atoms in total. The average Bonchev–Trinajstić information content (AvgIpc) is 3.12. The zero-order valence-corrected chi connectivity index (χ0v) is 14.8. The zero-order valence-electron chi connectivity index (χ0n) is 14.8. The molecule has 0 aliphatic heterocycles. The summed E-state index contributed by atoms with van der Waals surface area (Å²) in [5.74, 6) is 0.813. The van der Waals surface area contributed by atoms with Gasteiger partial charge < -0.3 is 9.15 Å². The fourth-order valence-corrected chi connectivity index (χ4v) is 3.44. The normalized spacial score (nSPS) is 11.1. The SMILES string of the molecule is COc1cccc(-c2cc(-c3ccccc3)c3oc4ccccc4c3n2)c1. The fraction of sp³-hybridized carbons (Fsp3) is 0.0417. The Morgan fingerprint density at radius 1 is 0.778 bits per heavy atom. The molecule has 0 aliphatic carbocycles. The molecule has 0 atom stereocenters. The Morgan fingerprint density at radius 2 is 1.56 bits per heavy atom. The van der Waals surface area contributed by atoms with Crippen molar-refractivity contribution in [1.29, 1.82) is 0 Å². The van der Waals surface area contributed by atoms with Gasteiger partial charge in [0.2, 0.25) is 0 Å². The Morgan fingerprint density at radius 3 is 2.41 bits per heavy atom. The van der Waals surface area contributed by atoms with Crippen LogP contribution in [0.5, 0.6) is 5.75 Å². The summed E-state index contributed by atoms with van der Waals surface area (Å²) in [4.78, 5) is 4.95. The number of hydrogen-bond acceptors (Lipinski definition) is 3. The maximum Gasteiger partial charge on any atom is 0.161 e. The summed E-state index contributed by atoms with van der Waals surface area (Å²) in [6.45, 7) is 0. The standard InChI is InChI=1S/C24H17NO2/c1-26-18-11-7-10-17(14-18)21-15-20(16-8-3-2-4-9-16)24-23(25-21)19-12-5-6-13-22(19)27-24/h2-15H,1H3. The van der Waals surface area contributed by atoms with Gasteiger partial charge in [0.15, 0.2) is 5.58 Å². The zero-order chi connectivity index (χ0) is 18.2. The molecule has 0 amide bonds. The number of nitrogens with zero attached hydrogens (tertiary/aromatic N) is 1. The molecule has 0 unspecified atom stereocenters. The van der Waals surface area contributed by atoms with Crippen molar-refractivity contribution in [1.82, 2.24) is 4.98 Å². The molecule has 0 aliphatic rings. The summed E-state index contributed by atoms with van der Waals surface area (Å²) in [7, 11) is 1.68. The van der Waals surface area contributed by atoms with Crippen LogP contribution in [0.3, 0.4) is 0 Å². The van der Waals surface area contributed by atoms with Crippen molar-refractivity contribution < 1.29 is 9.15 Å². The molecule has 2 aromatic heterocycles. The summed E-state index contributed by atoms with van der Waals surface area (Å²) in [6, 6.07) is 28.4. The van der Waals surface area contributed by atoms with Crippen molar-refractivity contribution in [3.8, 4) is 28.1 Å². The Bertz CT molecular complexity index is 1260. The van der Waals surface area contributed by atoms with Gasteiger partial charge in [0, 0.05) is 16.5 Å². The average molecular weight is 351 g/mol. The summed E-state index contributed by atoms with van der Waals surface area (Å²) >= 11 is 0. The van der Waals surface area contributed by atoms with E-state index < -0.39 is 0 Å². The number of furan rings is 1. The minimum atomic E-state index is 0.813. The van der Waals surface area contributed by atoms with Gasteiger partial charge in [-0.3, -0.25) is 0 Å². The lowest BCUT2D eigenvalue weighted by atomic mass is 10.0. The Labute approximate surface area is 156 Å². The van der Waals surface area contributed by atoms with Crippen LogP contribution in [0.1, 0.15) is 0 Å². The molecule has 130 valence electrons. The molecule has 0 fully saturated rings. The van der Waals surface area contributed by atoms with E-state index in [1.165, 1.54) is 0 Å². The molecular weight excluding hydrogens is 334 g/mol. The van der Waals surface area contributed by atoms with E-state index in [2.05, 4.69) is 24.3 Å². The summed E-state index contributed by atoms with van der Waals surface area (Å²) < 4.78 is 11.6. The monoisotopic (exact) mass is 351 g/mol. The van der Waals surface area contributed by atoms with Crippen LogP contribution in [0.2, 0.25) is 0 Å². The largest absolute Gasteiger partial charge is 0.497 e. The van der Waals surface area contributed by atoms with Crippen molar-refractivity contribution in [3.63, 3.8) is 0 Å². The van der Waals surface area contributed by atoms with Crippen LogP contribution in [0.15, 0.2) is 89.3 Å². The lowest BCUT2D eigenvalue weighted by Gasteiger charge is -2.08. The lowest BCUT2D eigenvalue weighted by Crippen LogP contribution is -1.89. The minimum absolute atomic E-state index is 0.813. The third-order valence-electron chi connectivity index (χ3n) is 4.78. The number of para-hydroxylation sites is 1. The van der Waals surface area contributed by atoms with Gasteiger partial charge in [-0.25, -0.2) is 4.98 Å². The van der Waals surface area contributed by atoms with E-state index in [4.69, 9.17) is 14.1 Å². The maximum absolute atomic E-state index is 6.19. The van der Waals surface area contributed by atoms with Crippen molar-refractivity contribution in [2.75, 3.05) is 7.11 Å². The van der Waals surface area contributed by atoms with Crippen LogP contribution < -0.4 is 4.74 Å². The van der Waals surface area contributed by atoms with Crippen LogP contribution in [0, 0.1) is 0 Å². The van der Waals surface area contributed by atoms with Gasteiger partial charge in [-0.05, 0) is 35.9 Å². The van der Waals surface area contributed by atoms with E-state index in [0.717, 1.165) is 50.2 Å². The third kappa shape index (κ3) is 2.64. The second-order valence-corrected chi connectivity index (χ2v) is 6.43. The number of ether oxygens (including phenoxy) is 1. The van der Waals surface area contributed by atoms with Gasteiger partial charge in [-0.15, -0.1) is 0 Å². The first-order chi connectivity index (χ1) is 13.3. The van der Waals surface area contributed by atoms with E-state index in [-0.39, 0.29) is 0 Å². The van der Waals surface area contributed by atoms with Crippen LogP contribution in [-0.2, 0) is 0 Å². The smallest absolute Gasteiger partial charge is 0.161 e. The van der Waals surface area contributed by atoms with E-state index in [0.29, 0.717) is 0 Å². The van der Waals surface area contributed by atoms with Crippen molar-refractivity contribution >= 4 is 22.1 Å². The second kappa shape index (κ2) is 6.29. The number of fused-ring (bicyclic) bond motifs is 3. The summed E-state index contributed by atoms with van der Waals surface area (Å²) in [5.41, 5.74) is 6.59. The molecule has 2 heterocycles. The van der Waals surface area contributed by atoms with Gasteiger partial charge >= 0.3 is 0 Å². The van der Waals surface area contributed by atoms with Crippen molar-refractivity contribution in [2.24, 2.45) is 0 Å². The minimum Gasteiger partial charge on any atom is -0.497 e. The quantitative estimate of drug-likeness (QED) is 0.381. The van der Waals surface area contributed by atoms with Crippen LogP contribution in [0.25, 0.3) is 44.5 Å². The Kier molecular flexibility index (Phi) is 3.65. The fourth-order valence-electron chi connectivity index (χ4n) is 3.44. The van der Waals surface area contributed by atoms with Crippen molar-refractivity contribution in [2.45, 2.75) is 0 Å². The van der Waals surface area contributed by atoms with E-state index in [9.17, 15) is 0 Å². The van der Waals surface area contributed by atoms with Crippen LogP contribution in [-0.4, -0.2) is 12.1 Å². The second-order valence-electron chi connectivity index (χ2n) is 6.43. The predicted molar refractivity (Wildman–Crippen MR) is 109 cm³/mol. The molecule has 27 heavy (non-hydrogen) atoms. The van der Waals surface area contributed by atoms with E-state index in [1.54, 1.807) is 7.11 Å².